The van der Waals surface area contributed by atoms with Gasteiger partial charge in [-0.1, -0.05) is 0 Å². The van der Waals surface area contributed by atoms with Crippen molar-refractivity contribution < 1.29 is 14.0 Å². The maximum Gasteiger partial charge on any atom is 0.287 e. The van der Waals surface area contributed by atoms with Crippen LogP contribution in [0.1, 0.15) is 57.9 Å². The van der Waals surface area contributed by atoms with Crippen LogP contribution in [0.2, 0.25) is 0 Å². The first-order valence-corrected chi connectivity index (χ1v) is 7.34. The van der Waals surface area contributed by atoms with E-state index in [0.29, 0.717) is 29.1 Å². The number of ketones is 1. The molecular formula is C15H20N2O3. The van der Waals surface area contributed by atoms with Crippen LogP contribution in [0, 0.1) is 6.92 Å². The molecule has 1 saturated heterocycles. The molecule has 0 radical (unpaired) electrons. The quantitative estimate of drug-likeness (QED) is 0.860. The van der Waals surface area contributed by atoms with Gasteiger partial charge in [0.1, 0.15) is 5.76 Å². The van der Waals surface area contributed by atoms with Gasteiger partial charge < -0.3 is 15.1 Å². The Bertz CT molecular complexity index is 542. The molecule has 5 nitrogen and oxygen atoms in total. The lowest BCUT2D eigenvalue weighted by molar-refractivity contribution is 0.0897. The number of hydrogen-bond acceptors (Lipinski definition) is 4. The number of carbonyl (C=O) groups excluding carboxylic acids is 2. The Balaban J connectivity index is 1.79. The lowest BCUT2D eigenvalue weighted by Crippen LogP contribution is -2.45. The van der Waals surface area contributed by atoms with Crippen LogP contribution in [-0.4, -0.2) is 30.8 Å². The lowest BCUT2D eigenvalue weighted by atomic mass is 9.94. The molecule has 5 heteroatoms. The number of fused-ring (bicyclic) bond motifs is 1. The fourth-order valence-electron chi connectivity index (χ4n) is 3.09. The van der Waals surface area contributed by atoms with Crippen molar-refractivity contribution in [1.29, 1.82) is 0 Å². The van der Waals surface area contributed by atoms with Crippen molar-refractivity contribution in [2.24, 2.45) is 0 Å². The first-order chi connectivity index (χ1) is 9.66. The van der Waals surface area contributed by atoms with Crippen LogP contribution in [0.25, 0.3) is 0 Å². The van der Waals surface area contributed by atoms with Crippen molar-refractivity contribution in [3.63, 3.8) is 0 Å². The zero-order valence-corrected chi connectivity index (χ0v) is 11.8. The molecule has 108 valence electrons. The summed E-state index contributed by atoms with van der Waals surface area (Å²) in [7, 11) is 0. The molecule has 1 aliphatic carbocycles. The molecule has 1 fully saturated rings. The van der Waals surface area contributed by atoms with E-state index < -0.39 is 0 Å². The van der Waals surface area contributed by atoms with E-state index in [1.807, 2.05) is 0 Å². The SMILES string of the molecule is Cc1c(C(=O)NC2CCCNC2)oc2c1C(=O)CCC2. The molecule has 3 rings (SSSR count). The van der Waals surface area contributed by atoms with E-state index in [1.54, 1.807) is 6.92 Å². The maximum atomic E-state index is 12.3. The smallest absolute Gasteiger partial charge is 0.287 e. The summed E-state index contributed by atoms with van der Waals surface area (Å²) >= 11 is 0. The minimum Gasteiger partial charge on any atom is -0.455 e. The number of amides is 1. The number of rotatable bonds is 2. The van der Waals surface area contributed by atoms with Gasteiger partial charge in [0.2, 0.25) is 0 Å². The molecule has 1 amide bonds. The third kappa shape index (κ3) is 2.38. The van der Waals surface area contributed by atoms with Gasteiger partial charge in [-0.2, -0.15) is 0 Å². The molecule has 2 aliphatic rings. The topological polar surface area (TPSA) is 71.3 Å². The van der Waals surface area contributed by atoms with Crippen LogP contribution >= 0.6 is 0 Å². The number of hydrogen-bond donors (Lipinski definition) is 2. The Hall–Kier alpha value is -1.62. The largest absolute Gasteiger partial charge is 0.455 e. The van der Waals surface area contributed by atoms with Crippen LogP contribution in [0.5, 0.6) is 0 Å². The van der Waals surface area contributed by atoms with Crippen LogP contribution in [-0.2, 0) is 6.42 Å². The van der Waals surface area contributed by atoms with E-state index in [4.69, 9.17) is 4.42 Å². The Kier molecular flexibility index (Phi) is 3.61. The summed E-state index contributed by atoms with van der Waals surface area (Å²) < 4.78 is 5.66. The first kappa shape index (κ1) is 13.4. The van der Waals surface area contributed by atoms with E-state index in [1.165, 1.54) is 0 Å². The normalized spacial score (nSPS) is 22.4. The zero-order valence-electron chi connectivity index (χ0n) is 11.8. The summed E-state index contributed by atoms with van der Waals surface area (Å²) in [4.78, 5) is 24.2. The van der Waals surface area contributed by atoms with Crippen molar-refractivity contribution >= 4 is 11.7 Å². The highest BCUT2D eigenvalue weighted by molar-refractivity contribution is 6.03. The minimum absolute atomic E-state index is 0.103. The highest BCUT2D eigenvalue weighted by atomic mass is 16.4. The molecule has 0 aromatic carbocycles. The molecule has 1 aromatic rings. The molecule has 0 spiro atoms. The standard InChI is InChI=1S/C15H20N2O3/c1-9-13-11(18)5-2-6-12(13)20-14(9)15(19)17-10-4-3-7-16-8-10/h10,16H,2-8H2,1H3,(H,17,19). The molecule has 1 aromatic heterocycles. The van der Waals surface area contributed by atoms with Crippen molar-refractivity contribution in [3.05, 3.63) is 22.6 Å². The van der Waals surface area contributed by atoms with E-state index in [2.05, 4.69) is 10.6 Å². The van der Waals surface area contributed by atoms with E-state index in [9.17, 15) is 9.59 Å². The fourth-order valence-corrected chi connectivity index (χ4v) is 3.09. The Morgan fingerprint density at radius 1 is 1.35 bits per heavy atom. The third-order valence-corrected chi connectivity index (χ3v) is 4.14. The Labute approximate surface area is 118 Å². The maximum absolute atomic E-state index is 12.3. The van der Waals surface area contributed by atoms with Crippen molar-refractivity contribution in [2.45, 2.75) is 45.1 Å². The summed E-state index contributed by atoms with van der Waals surface area (Å²) in [5.74, 6) is 0.908. The summed E-state index contributed by atoms with van der Waals surface area (Å²) in [5, 5.41) is 6.26. The highest BCUT2D eigenvalue weighted by Crippen LogP contribution is 2.29. The first-order valence-electron chi connectivity index (χ1n) is 7.34. The van der Waals surface area contributed by atoms with Gasteiger partial charge in [0.05, 0.1) is 5.56 Å². The molecule has 1 unspecified atom stereocenters. The van der Waals surface area contributed by atoms with Crippen LogP contribution < -0.4 is 10.6 Å². The molecule has 2 N–H and O–H groups in total. The van der Waals surface area contributed by atoms with Crippen LogP contribution in [0.4, 0.5) is 0 Å². The van der Waals surface area contributed by atoms with Gasteiger partial charge in [0, 0.05) is 31.0 Å². The van der Waals surface area contributed by atoms with E-state index in [-0.39, 0.29) is 17.7 Å². The summed E-state index contributed by atoms with van der Waals surface area (Å²) in [5.41, 5.74) is 1.34. The molecule has 0 saturated carbocycles. The van der Waals surface area contributed by atoms with Gasteiger partial charge in [0.25, 0.3) is 5.91 Å². The second kappa shape index (κ2) is 5.40. The molecule has 0 bridgehead atoms. The molecule has 20 heavy (non-hydrogen) atoms. The number of Topliss-reactive ketones (excluding diaryl/α,β-unsaturated/α-hetero) is 1. The average molecular weight is 276 g/mol. The fraction of sp³-hybridized carbons (Fsp3) is 0.600. The Morgan fingerprint density at radius 3 is 2.90 bits per heavy atom. The van der Waals surface area contributed by atoms with Crippen molar-refractivity contribution in [1.82, 2.24) is 10.6 Å². The van der Waals surface area contributed by atoms with Gasteiger partial charge in [-0.15, -0.1) is 0 Å². The van der Waals surface area contributed by atoms with Crippen molar-refractivity contribution in [3.8, 4) is 0 Å². The van der Waals surface area contributed by atoms with E-state index >= 15 is 0 Å². The summed E-state index contributed by atoms with van der Waals surface area (Å²) in [6, 6.07) is 0.147. The number of aryl methyl sites for hydroxylation is 1. The van der Waals surface area contributed by atoms with Crippen LogP contribution in [0.15, 0.2) is 4.42 Å². The third-order valence-electron chi connectivity index (χ3n) is 4.14. The van der Waals surface area contributed by atoms with Gasteiger partial charge in [0.15, 0.2) is 11.5 Å². The second-order valence-electron chi connectivity index (χ2n) is 5.65. The second-order valence-corrected chi connectivity index (χ2v) is 5.65. The summed E-state index contributed by atoms with van der Waals surface area (Å²) in [6.07, 6.45) is 4.17. The minimum atomic E-state index is -0.196. The molecule has 2 heterocycles. The van der Waals surface area contributed by atoms with Gasteiger partial charge in [-0.3, -0.25) is 9.59 Å². The Morgan fingerprint density at radius 2 is 2.20 bits per heavy atom. The van der Waals surface area contributed by atoms with Gasteiger partial charge in [-0.05, 0) is 32.7 Å². The van der Waals surface area contributed by atoms with E-state index in [0.717, 1.165) is 38.8 Å². The van der Waals surface area contributed by atoms with Crippen molar-refractivity contribution in [2.75, 3.05) is 13.1 Å². The van der Waals surface area contributed by atoms with Gasteiger partial charge in [-0.25, -0.2) is 0 Å². The number of furan rings is 1. The predicted molar refractivity (Wildman–Crippen MR) is 74.1 cm³/mol. The number of piperidine rings is 1. The van der Waals surface area contributed by atoms with Gasteiger partial charge >= 0.3 is 0 Å². The highest BCUT2D eigenvalue weighted by Gasteiger charge is 2.29. The lowest BCUT2D eigenvalue weighted by Gasteiger charge is -2.23. The summed E-state index contributed by atoms with van der Waals surface area (Å²) in [6.45, 7) is 3.61. The van der Waals surface area contributed by atoms with Crippen LogP contribution in [0.3, 0.4) is 0 Å². The molecular weight excluding hydrogens is 256 g/mol. The zero-order chi connectivity index (χ0) is 14.1. The number of carbonyl (C=O) groups is 2. The molecule has 1 aliphatic heterocycles. The monoisotopic (exact) mass is 276 g/mol. The molecule has 1 atom stereocenters. The average Bonchev–Trinajstić information content (AvgIpc) is 2.79. The predicted octanol–water partition coefficient (Wildman–Crippen LogP) is 1.59. The number of nitrogens with one attached hydrogen (secondary N) is 2.